The number of alkyl halides is 3. The van der Waals surface area contributed by atoms with Crippen molar-refractivity contribution in [3.63, 3.8) is 0 Å². The summed E-state index contributed by atoms with van der Waals surface area (Å²) in [4.78, 5) is 0. The fraction of sp³-hybridized carbons (Fsp3) is 0.538. The monoisotopic (exact) mass is 357 g/mol. The molecule has 0 radical (unpaired) electrons. The smallest absolute Gasteiger partial charge is 0.314 e. The van der Waals surface area contributed by atoms with Crippen molar-refractivity contribution < 1.29 is 13.2 Å². The summed E-state index contributed by atoms with van der Waals surface area (Å²) in [7, 11) is 0. The zero-order chi connectivity index (χ0) is 14.5. The molecule has 1 atom stereocenters. The van der Waals surface area contributed by atoms with Crippen LogP contribution in [-0.2, 0) is 6.42 Å². The second kappa shape index (κ2) is 7.50. The van der Waals surface area contributed by atoms with Gasteiger partial charge in [0.2, 0.25) is 0 Å². The van der Waals surface area contributed by atoms with Crippen LogP contribution in [0.4, 0.5) is 13.2 Å². The highest BCUT2D eigenvalue weighted by molar-refractivity contribution is 9.10. The molecule has 0 bridgehead atoms. The van der Waals surface area contributed by atoms with E-state index in [0.717, 1.165) is 10.0 Å². The van der Waals surface area contributed by atoms with Crippen molar-refractivity contribution in [1.82, 2.24) is 5.32 Å². The number of rotatable bonds is 6. The van der Waals surface area contributed by atoms with E-state index in [0.29, 0.717) is 18.0 Å². The Morgan fingerprint density at radius 1 is 1.37 bits per heavy atom. The van der Waals surface area contributed by atoms with Gasteiger partial charge in [0.25, 0.3) is 0 Å². The molecule has 0 saturated heterocycles. The predicted octanol–water partition coefficient (Wildman–Crippen LogP) is 4.97. The summed E-state index contributed by atoms with van der Waals surface area (Å²) in [5.74, 6) is 0. The number of hydrogen-bond acceptors (Lipinski definition) is 1. The summed E-state index contributed by atoms with van der Waals surface area (Å²) >= 11 is 9.39. The van der Waals surface area contributed by atoms with E-state index >= 15 is 0 Å². The summed E-state index contributed by atoms with van der Waals surface area (Å²) in [5.41, 5.74) is 0.859. The minimum Gasteiger partial charge on any atom is -0.314 e. The molecule has 1 unspecified atom stereocenters. The van der Waals surface area contributed by atoms with Gasteiger partial charge in [-0.3, -0.25) is 0 Å². The zero-order valence-electron chi connectivity index (χ0n) is 10.5. The Kier molecular flexibility index (Phi) is 6.63. The summed E-state index contributed by atoms with van der Waals surface area (Å²) in [6.07, 6.45) is -4.34. The topological polar surface area (TPSA) is 12.0 Å². The first-order valence-electron chi connectivity index (χ1n) is 6.06. The molecule has 0 saturated carbocycles. The van der Waals surface area contributed by atoms with Crippen LogP contribution in [0.15, 0.2) is 22.7 Å². The van der Waals surface area contributed by atoms with Crippen LogP contribution in [0.25, 0.3) is 0 Å². The lowest BCUT2D eigenvalue weighted by atomic mass is 10.0. The molecule has 0 aliphatic carbocycles. The summed E-state index contributed by atoms with van der Waals surface area (Å²) in [5, 5.41) is 3.65. The number of likely N-dealkylation sites (N-methyl/N-ethyl adjacent to an activating group) is 1. The van der Waals surface area contributed by atoms with Crippen molar-refractivity contribution in [2.24, 2.45) is 0 Å². The molecule has 0 aliphatic rings. The Morgan fingerprint density at radius 2 is 2.05 bits per heavy atom. The van der Waals surface area contributed by atoms with Crippen LogP contribution in [0.2, 0.25) is 5.02 Å². The summed E-state index contributed by atoms with van der Waals surface area (Å²) < 4.78 is 37.7. The fourth-order valence-corrected chi connectivity index (χ4v) is 2.61. The number of halogens is 5. The third-order valence-corrected chi connectivity index (χ3v) is 3.60. The first kappa shape index (κ1) is 16.8. The second-order valence-corrected chi connectivity index (χ2v) is 5.67. The van der Waals surface area contributed by atoms with Crippen LogP contribution in [0.5, 0.6) is 0 Å². The third-order valence-electron chi connectivity index (χ3n) is 2.75. The lowest BCUT2D eigenvalue weighted by Crippen LogP contribution is -2.32. The highest BCUT2D eigenvalue weighted by atomic mass is 79.9. The van der Waals surface area contributed by atoms with Gasteiger partial charge in [-0.25, -0.2) is 0 Å². The maximum atomic E-state index is 12.3. The molecule has 0 heterocycles. The van der Waals surface area contributed by atoms with Crippen molar-refractivity contribution in [3.05, 3.63) is 33.3 Å². The van der Waals surface area contributed by atoms with Crippen molar-refractivity contribution in [2.75, 3.05) is 6.54 Å². The highest BCUT2D eigenvalue weighted by Crippen LogP contribution is 2.26. The minimum atomic E-state index is -4.11. The largest absolute Gasteiger partial charge is 0.389 e. The van der Waals surface area contributed by atoms with Crippen LogP contribution in [-0.4, -0.2) is 18.8 Å². The average molecular weight is 359 g/mol. The molecule has 19 heavy (non-hydrogen) atoms. The summed E-state index contributed by atoms with van der Waals surface area (Å²) in [6, 6.07) is 5.22. The van der Waals surface area contributed by atoms with Crippen LogP contribution >= 0.6 is 27.5 Å². The van der Waals surface area contributed by atoms with E-state index in [4.69, 9.17) is 11.6 Å². The molecular formula is C13H16BrClF3N. The molecule has 0 spiro atoms. The van der Waals surface area contributed by atoms with E-state index in [1.807, 2.05) is 19.1 Å². The van der Waals surface area contributed by atoms with Crippen molar-refractivity contribution in [3.8, 4) is 0 Å². The van der Waals surface area contributed by atoms with Gasteiger partial charge in [-0.2, -0.15) is 13.2 Å². The van der Waals surface area contributed by atoms with Crippen molar-refractivity contribution in [1.29, 1.82) is 0 Å². The van der Waals surface area contributed by atoms with Gasteiger partial charge < -0.3 is 5.32 Å². The Balaban J connectivity index is 2.67. The van der Waals surface area contributed by atoms with Gasteiger partial charge in [0.15, 0.2) is 0 Å². The molecule has 0 aliphatic heterocycles. The Bertz CT molecular complexity index is 409. The van der Waals surface area contributed by atoms with Gasteiger partial charge >= 0.3 is 6.18 Å². The maximum Gasteiger partial charge on any atom is 0.389 e. The van der Waals surface area contributed by atoms with E-state index < -0.39 is 12.6 Å². The molecular weight excluding hydrogens is 343 g/mol. The van der Waals surface area contributed by atoms with Gasteiger partial charge in [-0.1, -0.05) is 40.5 Å². The van der Waals surface area contributed by atoms with Crippen LogP contribution in [0.1, 0.15) is 25.3 Å². The number of nitrogens with one attached hydrogen (secondary N) is 1. The number of hydrogen-bond donors (Lipinski definition) is 1. The van der Waals surface area contributed by atoms with Crippen LogP contribution in [0.3, 0.4) is 0 Å². The normalized spacial score (nSPS) is 13.6. The molecule has 1 nitrogen and oxygen atoms in total. The second-order valence-electron chi connectivity index (χ2n) is 4.35. The first-order valence-corrected chi connectivity index (χ1v) is 7.23. The van der Waals surface area contributed by atoms with E-state index in [9.17, 15) is 13.2 Å². The lowest BCUT2D eigenvalue weighted by molar-refractivity contribution is -0.136. The Labute approximate surface area is 124 Å². The van der Waals surface area contributed by atoms with E-state index in [-0.39, 0.29) is 12.5 Å². The standard InChI is InChI=1S/C13H16BrClF3N/c1-2-19-11(5-6-13(16,17)18)7-9-3-4-10(14)8-12(9)15/h3-4,8,11,19H,2,5-7H2,1H3. The lowest BCUT2D eigenvalue weighted by Gasteiger charge is -2.19. The number of benzene rings is 1. The van der Waals surface area contributed by atoms with Gasteiger partial charge in [-0.15, -0.1) is 0 Å². The molecule has 0 amide bonds. The maximum absolute atomic E-state index is 12.3. The van der Waals surface area contributed by atoms with E-state index in [1.165, 1.54) is 0 Å². The Hall–Kier alpha value is -0.260. The fourth-order valence-electron chi connectivity index (χ4n) is 1.86. The van der Waals surface area contributed by atoms with Gasteiger partial charge in [0.1, 0.15) is 0 Å². The molecule has 0 aromatic heterocycles. The zero-order valence-corrected chi connectivity index (χ0v) is 12.9. The van der Waals surface area contributed by atoms with Crippen molar-refractivity contribution >= 4 is 27.5 Å². The van der Waals surface area contributed by atoms with Crippen molar-refractivity contribution in [2.45, 2.75) is 38.4 Å². The highest BCUT2D eigenvalue weighted by Gasteiger charge is 2.28. The molecule has 1 aromatic rings. The molecule has 1 rings (SSSR count). The molecule has 0 fully saturated rings. The first-order chi connectivity index (χ1) is 8.81. The van der Waals surface area contributed by atoms with Crippen LogP contribution < -0.4 is 5.32 Å². The van der Waals surface area contributed by atoms with E-state index in [2.05, 4.69) is 21.2 Å². The third kappa shape index (κ3) is 6.63. The SMILES string of the molecule is CCNC(CCC(F)(F)F)Cc1ccc(Br)cc1Cl. The predicted molar refractivity (Wildman–Crippen MR) is 75.6 cm³/mol. The van der Waals surface area contributed by atoms with Gasteiger partial charge in [0.05, 0.1) is 0 Å². The molecule has 1 N–H and O–H groups in total. The molecule has 6 heteroatoms. The van der Waals surface area contributed by atoms with E-state index in [1.54, 1.807) is 6.07 Å². The minimum absolute atomic E-state index is 0.0593. The average Bonchev–Trinajstić information content (AvgIpc) is 2.28. The van der Waals surface area contributed by atoms with Crippen LogP contribution in [0, 0.1) is 0 Å². The molecule has 108 valence electrons. The Morgan fingerprint density at radius 3 is 2.58 bits per heavy atom. The van der Waals surface area contributed by atoms with Gasteiger partial charge in [0, 0.05) is 22.0 Å². The van der Waals surface area contributed by atoms with Gasteiger partial charge in [-0.05, 0) is 37.1 Å². The summed E-state index contributed by atoms with van der Waals surface area (Å²) in [6.45, 7) is 2.51. The molecule has 1 aromatic carbocycles. The quantitative estimate of drug-likeness (QED) is 0.757.